The summed E-state index contributed by atoms with van der Waals surface area (Å²) in [5.74, 6) is 0.102. The predicted octanol–water partition coefficient (Wildman–Crippen LogP) is 2.87. The number of nitrogens with two attached hydrogens (primary N) is 1. The van der Waals surface area contributed by atoms with Gasteiger partial charge in [0.2, 0.25) is 11.7 Å². The van der Waals surface area contributed by atoms with Crippen molar-refractivity contribution in [2.75, 3.05) is 0 Å². The van der Waals surface area contributed by atoms with E-state index in [1.165, 1.54) is 0 Å². The van der Waals surface area contributed by atoms with E-state index >= 15 is 0 Å². The van der Waals surface area contributed by atoms with Gasteiger partial charge in [0.25, 0.3) is 0 Å². The number of hydrogen-bond acceptors (Lipinski definition) is 4. The molecular formula is C10H7ClF3N3O. The molecular weight excluding hydrogens is 271 g/mol. The second-order valence-electron chi connectivity index (χ2n) is 3.41. The first-order valence-corrected chi connectivity index (χ1v) is 5.19. The molecule has 18 heavy (non-hydrogen) atoms. The lowest BCUT2D eigenvalue weighted by atomic mass is 10.1. The van der Waals surface area contributed by atoms with E-state index in [2.05, 4.69) is 10.1 Å². The quantitative estimate of drug-likeness (QED) is 0.917. The summed E-state index contributed by atoms with van der Waals surface area (Å²) >= 11 is 5.81. The van der Waals surface area contributed by atoms with Crippen LogP contribution in [-0.2, 0) is 12.7 Å². The Morgan fingerprint density at radius 3 is 2.61 bits per heavy atom. The van der Waals surface area contributed by atoms with Crippen LogP contribution in [0.4, 0.5) is 13.2 Å². The molecule has 1 aromatic carbocycles. The molecule has 0 saturated carbocycles. The standard InChI is InChI=1S/C10H7ClF3N3O/c11-7-2-1-5(10(12,13)14)3-6(7)9-16-8(4-15)18-17-9/h1-3H,4,15H2. The number of alkyl halides is 3. The van der Waals surface area contributed by atoms with Crippen molar-refractivity contribution in [1.82, 2.24) is 10.1 Å². The van der Waals surface area contributed by atoms with Crippen LogP contribution in [0.15, 0.2) is 22.7 Å². The van der Waals surface area contributed by atoms with Crippen molar-refractivity contribution < 1.29 is 17.7 Å². The zero-order valence-electron chi connectivity index (χ0n) is 8.83. The summed E-state index contributed by atoms with van der Waals surface area (Å²) in [5, 5.41) is 3.63. The molecule has 2 rings (SSSR count). The Morgan fingerprint density at radius 1 is 1.33 bits per heavy atom. The van der Waals surface area contributed by atoms with Crippen LogP contribution >= 0.6 is 11.6 Å². The van der Waals surface area contributed by atoms with E-state index in [1.807, 2.05) is 0 Å². The van der Waals surface area contributed by atoms with Gasteiger partial charge in [-0.05, 0) is 18.2 Å². The Morgan fingerprint density at radius 2 is 2.06 bits per heavy atom. The molecule has 0 amide bonds. The molecule has 0 saturated heterocycles. The summed E-state index contributed by atoms with van der Waals surface area (Å²) in [5.41, 5.74) is 4.49. The first-order valence-electron chi connectivity index (χ1n) is 4.81. The molecule has 0 fully saturated rings. The molecule has 1 aromatic heterocycles. The van der Waals surface area contributed by atoms with E-state index in [0.29, 0.717) is 0 Å². The lowest BCUT2D eigenvalue weighted by Crippen LogP contribution is -2.05. The van der Waals surface area contributed by atoms with Crippen molar-refractivity contribution in [2.45, 2.75) is 12.7 Å². The van der Waals surface area contributed by atoms with Gasteiger partial charge < -0.3 is 10.3 Å². The van der Waals surface area contributed by atoms with Crippen LogP contribution in [0.2, 0.25) is 5.02 Å². The Balaban J connectivity index is 2.49. The van der Waals surface area contributed by atoms with E-state index in [0.717, 1.165) is 18.2 Å². The van der Waals surface area contributed by atoms with E-state index in [1.54, 1.807) is 0 Å². The van der Waals surface area contributed by atoms with Gasteiger partial charge in [-0.15, -0.1) is 0 Å². The van der Waals surface area contributed by atoms with Crippen LogP contribution in [0.25, 0.3) is 11.4 Å². The number of halogens is 4. The maximum atomic E-state index is 12.6. The van der Waals surface area contributed by atoms with Crippen LogP contribution in [-0.4, -0.2) is 10.1 Å². The van der Waals surface area contributed by atoms with Gasteiger partial charge >= 0.3 is 6.18 Å². The van der Waals surface area contributed by atoms with Crippen molar-refractivity contribution in [1.29, 1.82) is 0 Å². The van der Waals surface area contributed by atoms with Crippen LogP contribution < -0.4 is 5.73 Å². The van der Waals surface area contributed by atoms with E-state index in [-0.39, 0.29) is 28.8 Å². The molecule has 0 aliphatic carbocycles. The van der Waals surface area contributed by atoms with Crippen molar-refractivity contribution in [3.8, 4) is 11.4 Å². The fourth-order valence-electron chi connectivity index (χ4n) is 1.32. The second-order valence-corrected chi connectivity index (χ2v) is 3.82. The third kappa shape index (κ3) is 2.46. The highest BCUT2D eigenvalue weighted by molar-refractivity contribution is 6.33. The van der Waals surface area contributed by atoms with Gasteiger partial charge in [0, 0.05) is 5.56 Å². The summed E-state index contributed by atoms with van der Waals surface area (Å²) in [6, 6.07) is 2.89. The number of hydrogen-bond donors (Lipinski definition) is 1. The average Bonchev–Trinajstić information content (AvgIpc) is 2.76. The molecule has 0 radical (unpaired) electrons. The minimum absolute atomic E-state index is 0.00355. The lowest BCUT2D eigenvalue weighted by molar-refractivity contribution is -0.137. The van der Waals surface area contributed by atoms with Crippen LogP contribution in [0.3, 0.4) is 0 Å². The normalized spacial score (nSPS) is 11.8. The summed E-state index contributed by atoms with van der Waals surface area (Å²) < 4.78 is 42.4. The molecule has 0 aliphatic rings. The third-order valence-electron chi connectivity index (χ3n) is 2.18. The monoisotopic (exact) mass is 277 g/mol. The predicted molar refractivity (Wildman–Crippen MR) is 57.6 cm³/mol. The fourth-order valence-corrected chi connectivity index (χ4v) is 1.52. The fraction of sp³-hybridized carbons (Fsp3) is 0.200. The molecule has 2 aromatic rings. The molecule has 4 nitrogen and oxygen atoms in total. The van der Waals surface area contributed by atoms with Gasteiger partial charge in [-0.3, -0.25) is 0 Å². The molecule has 0 spiro atoms. The molecule has 8 heteroatoms. The third-order valence-corrected chi connectivity index (χ3v) is 2.51. The van der Waals surface area contributed by atoms with Crippen LogP contribution in [0, 0.1) is 0 Å². The SMILES string of the molecule is NCc1nc(-c2cc(C(F)(F)F)ccc2Cl)no1. The van der Waals surface area contributed by atoms with Gasteiger partial charge in [0.15, 0.2) is 0 Å². The van der Waals surface area contributed by atoms with E-state index in [4.69, 9.17) is 21.9 Å². The van der Waals surface area contributed by atoms with Gasteiger partial charge in [-0.2, -0.15) is 18.2 Å². The van der Waals surface area contributed by atoms with Crippen molar-refractivity contribution in [3.05, 3.63) is 34.7 Å². The highest BCUT2D eigenvalue weighted by Crippen LogP contribution is 2.34. The van der Waals surface area contributed by atoms with Crippen molar-refractivity contribution in [2.24, 2.45) is 5.73 Å². The maximum Gasteiger partial charge on any atom is 0.416 e. The Bertz CT molecular complexity index is 568. The van der Waals surface area contributed by atoms with E-state index in [9.17, 15) is 13.2 Å². The molecule has 0 unspecified atom stereocenters. The van der Waals surface area contributed by atoms with E-state index < -0.39 is 11.7 Å². The van der Waals surface area contributed by atoms with Gasteiger partial charge in [-0.25, -0.2) is 0 Å². The number of nitrogens with zero attached hydrogens (tertiary/aromatic N) is 2. The molecule has 0 bridgehead atoms. The minimum Gasteiger partial charge on any atom is -0.338 e. The number of benzene rings is 1. The Hall–Kier alpha value is -1.60. The molecule has 2 N–H and O–H groups in total. The minimum atomic E-state index is -4.46. The smallest absolute Gasteiger partial charge is 0.338 e. The average molecular weight is 278 g/mol. The molecule has 1 heterocycles. The Labute approximate surface area is 105 Å². The highest BCUT2D eigenvalue weighted by atomic mass is 35.5. The summed E-state index contributed by atoms with van der Waals surface area (Å²) in [6.45, 7) is 0.00355. The first-order chi connectivity index (χ1) is 8.41. The summed E-state index contributed by atoms with van der Waals surface area (Å²) in [6.07, 6.45) is -4.46. The molecule has 0 aliphatic heterocycles. The maximum absolute atomic E-state index is 12.6. The summed E-state index contributed by atoms with van der Waals surface area (Å²) in [7, 11) is 0. The molecule has 0 atom stereocenters. The largest absolute Gasteiger partial charge is 0.416 e. The number of rotatable bonds is 2. The first kappa shape index (κ1) is 12.8. The zero-order valence-corrected chi connectivity index (χ0v) is 9.59. The van der Waals surface area contributed by atoms with Gasteiger partial charge in [0.1, 0.15) is 0 Å². The molecule has 96 valence electrons. The second kappa shape index (κ2) is 4.58. The highest BCUT2D eigenvalue weighted by Gasteiger charge is 2.31. The van der Waals surface area contributed by atoms with Crippen molar-refractivity contribution >= 4 is 11.6 Å². The van der Waals surface area contributed by atoms with Gasteiger partial charge in [0.05, 0.1) is 17.1 Å². The van der Waals surface area contributed by atoms with Crippen molar-refractivity contribution in [3.63, 3.8) is 0 Å². The number of aromatic nitrogens is 2. The van der Waals surface area contributed by atoms with Crippen LogP contribution in [0.5, 0.6) is 0 Å². The zero-order chi connectivity index (χ0) is 13.3. The van der Waals surface area contributed by atoms with Crippen LogP contribution in [0.1, 0.15) is 11.5 Å². The lowest BCUT2D eigenvalue weighted by Gasteiger charge is -2.08. The van der Waals surface area contributed by atoms with Gasteiger partial charge in [-0.1, -0.05) is 16.8 Å². The Kier molecular flexibility index (Phi) is 3.27. The summed E-state index contributed by atoms with van der Waals surface area (Å²) in [4.78, 5) is 3.83. The topological polar surface area (TPSA) is 64.9 Å².